The predicted molar refractivity (Wildman–Crippen MR) is 82.0 cm³/mol. The summed E-state index contributed by atoms with van der Waals surface area (Å²) in [4.78, 5) is 12.6. The van der Waals surface area contributed by atoms with Crippen LogP contribution in [0.1, 0.15) is 21.5 Å². The van der Waals surface area contributed by atoms with Gasteiger partial charge >= 0.3 is 0 Å². The molecule has 0 atom stereocenters. The Labute approximate surface area is 123 Å². The third-order valence-electron chi connectivity index (χ3n) is 3.61. The van der Waals surface area contributed by atoms with Crippen LogP contribution >= 0.6 is 0 Å². The molecule has 21 heavy (non-hydrogen) atoms. The molecule has 1 aliphatic rings. The maximum atomic E-state index is 12.6. The highest BCUT2D eigenvalue weighted by molar-refractivity contribution is 6.12. The zero-order valence-corrected chi connectivity index (χ0v) is 12.1. The zero-order chi connectivity index (χ0) is 14.8. The van der Waals surface area contributed by atoms with Gasteiger partial charge in [-0.15, -0.1) is 0 Å². The number of ether oxygens (including phenoxy) is 2. The summed E-state index contributed by atoms with van der Waals surface area (Å²) in [6.45, 7) is 2.20. The fraction of sp³-hybridized carbons (Fsp3) is 0.167. The lowest BCUT2D eigenvalue weighted by atomic mass is 9.96. The third-order valence-corrected chi connectivity index (χ3v) is 3.61. The highest BCUT2D eigenvalue weighted by Crippen LogP contribution is 2.36. The first-order chi connectivity index (χ1) is 10.2. The van der Waals surface area contributed by atoms with Gasteiger partial charge in [-0.1, -0.05) is 36.4 Å². The van der Waals surface area contributed by atoms with Crippen molar-refractivity contribution in [2.45, 2.75) is 6.92 Å². The van der Waals surface area contributed by atoms with Crippen LogP contribution in [0.2, 0.25) is 0 Å². The van der Waals surface area contributed by atoms with Crippen molar-refractivity contribution in [2.24, 2.45) is 0 Å². The SMILES string of the molecule is COc1cccc2c1OCC(C(=O)c1ccccc1C)=C2. The number of carbonyl (C=O) groups excluding carboxylic acids is 1. The Hall–Kier alpha value is -2.55. The summed E-state index contributed by atoms with van der Waals surface area (Å²) in [5.74, 6) is 1.40. The Balaban J connectivity index is 2.00. The lowest BCUT2D eigenvalue weighted by molar-refractivity contribution is 0.102. The van der Waals surface area contributed by atoms with Crippen molar-refractivity contribution in [3.8, 4) is 11.5 Å². The second kappa shape index (κ2) is 5.44. The van der Waals surface area contributed by atoms with E-state index in [1.54, 1.807) is 7.11 Å². The van der Waals surface area contributed by atoms with Crippen LogP contribution in [0.4, 0.5) is 0 Å². The molecule has 0 bridgehead atoms. The van der Waals surface area contributed by atoms with E-state index in [4.69, 9.17) is 9.47 Å². The van der Waals surface area contributed by atoms with Gasteiger partial charge in [0.15, 0.2) is 17.3 Å². The van der Waals surface area contributed by atoms with Gasteiger partial charge in [-0.3, -0.25) is 4.79 Å². The number of methoxy groups -OCH3 is 1. The maximum Gasteiger partial charge on any atom is 0.192 e. The van der Waals surface area contributed by atoms with Crippen molar-refractivity contribution in [3.63, 3.8) is 0 Å². The summed E-state index contributed by atoms with van der Waals surface area (Å²) in [5.41, 5.74) is 3.22. The lowest BCUT2D eigenvalue weighted by Crippen LogP contribution is -2.16. The fourth-order valence-corrected chi connectivity index (χ4v) is 2.47. The number of rotatable bonds is 3. The number of ketones is 1. The summed E-state index contributed by atoms with van der Waals surface area (Å²) in [6, 6.07) is 13.2. The van der Waals surface area contributed by atoms with Gasteiger partial charge in [0.1, 0.15) is 6.61 Å². The number of para-hydroxylation sites is 1. The molecule has 2 aromatic carbocycles. The van der Waals surface area contributed by atoms with Crippen molar-refractivity contribution in [3.05, 3.63) is 64.7 Å². The van der Waals surface area contributed by atoms with Gasteiger partial charge in [0.05, 0.1) is 7.11 Å². The van der Waals surface area contributed by atoms with E-state index in [0.29, 0.717) is 17.1 Å². The molecule has 0 saturated carbocycles. The van der Waals surface area contributed by atoms with E-state index in [9.17, 15) is 4.79 Å². The Morgan fingerprint density at radius 1 is 1.14 bits per heavy atom. The topological polar surface area (TPSA) is 35.5 Å². The number of hydrogen-bond acceptors (Lipinski definition) is 3. The molecule has 0 aromatic heterocycles. The van der Waals surface area contributed by atoms with Crippen molar-refractivity contribution >= 4 is 11.9 Å². The minimum absolute atomic E-state index is 0.0153. The quantitative estimate of drug-likeness (QED) is 0.805. The summed E-state index contributed by atoms with van der Waals surface area (Å²) < 4.78 is 11.0. The van der Waals surface area contributed by atoms with Gasteiger partial charge in [-0.2, -0.15) is 0 Å². The van der Waals surface area contributed by atoms with Gasteiger partial charge in [0.25, 0.3) is 0 Å². The number of fused-ring (bicyclic) bond motifs is 1. The molecule has 1 heterocycles. The number of Topliss-reactive ketones (excluding diaryl/α,β-unsaturated/α-hetero) is 1. The van der Waals surface area contributed by atoms with Gasteiger partial charge in [0, 0.05) is 16.7 Å². The molecular formula is C18H16O3. The molecule has 3 nitrogen and oxygen atoms in total. The molecule has 0 N–H and O–H groups in total. The Bertz CT molecular complexity index is 729. The first-order valence-electron chi connectivity index (χ1n) is 6.81. The predicted octanol–water partition coefficient (Wildman–Crippen LogP) is 3.66. The average molecular weight is 280 g/mol. The molecular weight excluding hydrogens is 264 g/mol. The molecule has 0 saturated heterocycles. The molecule has 1 aliphatic heterocycles. The highest BCUT2D eigenvalue weighted by atomic mass is 16.5. The van der Waals surface area contributed by atoms with E-state index in [0.717, 1.165) is 16.7 Å². The second-order valence-electron chi connectivity index (χ2n) is 4.98. The van der Waals surface area contributed by atoms with Crippen molar-refractivity contribution in [1.29, 1.82) is 0 Å². The normalized spacial score (nSPS) is 13.0. The number of hydrogen-bond donors (Lipinski definition) is 0. The van der Waals surface area contributed by atoms with E-state index >= 15 is 0 Å². The number of aryl methyl sites for hydroxylation is 1. The lowest BCUT2D eigenvalue weighted by Gasteiger charge is -2.19. The van der Waals surface area contributed by atoms with Gasteiger partial charge in [-0.25, -0.2) is 0 Å². The van der Waals surface area contributed by atoms with E-state index in [2.05, 4.69) is 0 Å². The van der Waals surface area contributed by atoms with Crippen LogP contribution in [0.5, 0.6) is 11.5 Å². The Morgan fingerprint density at radius 3 is 2.71 bits per heavy atom. The van der Waals surface area contributed by atoms with Crippen molar-refractivity contribution < 1.29 is 14.3 Å². The molecule has 0 fully saturated rings. The first kappa shape index (κ1) is 13.4. The van der Waals surface area contributed by atoms with E-state index in [-0.39, 0.29) is 12.4 Å². The van der Waals surface area contributed by atoms with Gasteiger partial charge < -0.3 is 9.47 Å². The largest absolute Gasteiger partial charge is 0.493 e. The third kappa shape index (κ3) is 2.42. The maximum absolute atomic E-state index is 12.6. The highest BCUT2D eigenvalue weighted by Gasteiger charge is 2.21. The second-order valence-corrected chi connectivity index (χ2v) is 4.98. The molecule has 2 aromatic rings. The smallest absolute Gasteiger partial charge is 0.192 e. The van der Waals surface area contributed by atoms with Gasteiger partial charge in [0.2, 0.25) is 0 Å². The number of carbonyl (C=O) groups is 1. The summed E-state index contributed by atoms with van der Waals surface area (Å²) >= 11 is 0. The standard InChI is InChI=1S/C18H16O3/c1-12-6-3-4-8-15(12)17(19)14-10-13-7-5-9-16(20-2)18(13)21-11-14/h3-10H,11H2,1-2H3. The Morgan fingerprint density at radius 2 is 1.95 bits per heavy atom. The van der Waals surface area contributed by atoms with Crippen LogP contribution in [0, 0.1) is 6.92 Å². The molecule has 106 valence electrons. The molecule has 0 aliphatic carbocycles. The zero-order valence-electron chi connectivity index (χ0n) is 12.1. The molecule has 3 rings (SSSR count). The van der Waals surface area contributed by atoms with Crippen LogP contribution < -0.4 is 9.47 Å². The number of benzene rings is 2. The van der Waals surface area contributed by atoms with E-state index < -0.39 is 0 Å². The monoisotopic (exact) mass is 280 g/mol. The summed E-state index contributed by atoms with van der Waals surface area (Å²) in [5, 5.41) is 0. The van der Waals surface area contributed by atoms with Crippen molar-refractivity contribution in [2.75, 3.05) is 13.7 Å². The minimum atomic E-state index is 0.0153. The average Bonchev–Trinajstić information content (AvgIpc) is 2.53. The molecule has 3 heteroatoms. The molecule has 0 radical (unpaired) electrons. The summed E-state index contributed by atoms with van der Waals surface area (Å²) in [6.07, 6.45) is 1.89. The van der Waals surface area contributed by atoms with Crippen LogP contribution in [0.25, 0.3) is 6.08 Å². The van der Waals surface area contributed by atoms with E-state index in [1.807, 2.05) is 55.5 Å². The van der Waals surface area contributed by atoms with Gasteiger partial charge in [-0.05, 0) is 24.6 Å². The van der Waals surface area contributed by atoms with Crippen LogP contribution in [0.15, 0.2) is 48.0 Å². The molecule has 0 amide bonds. The van der Waals surface area contributed by atoms with Crippen molar-refractivity contribution in [1.82, 2.24) is 0 Å². The van der Waals surface area contributed by atoms with E-state index in [1.165, 1.54) is 0 Å². The molecule has 0 spiro atoms. The van der Waals surface area contributed by atoms with Crippen LogP contribution in [0.3, 0.4) is 0 Å². The molecule has 0 unspecified atom stereocenters. The Kier molecular flexibility index (Phi) is 3.48. The first-order valence-corrected chi connectivity index (χ1v) is 6.81. The minimum Gasteiger partial charge on any atom is -0.493 e. The van der Waals surface area contributed by atoms with Crippen LogP contribution in [-0.2, 0) is 0 Å². The van der Waals surface area contributed by atoms with Crippen LogP contribution in [-0.4, -0.2) is 19.5 Å². The fourth-order valence-electron chi connectivity index (χ4n) is 2.47. The summed E-state index contributed by atoms with van der Waals surface area (Å²) in [7, 11) is 1.61.